The normalized spacial score (nSPS) is 12.4. The molecular weight excluding hydrogens is 217 g/mol. The average molecular weight is 233 g/mol. The van der Waals surface area contributed by atoms with Crippen LogP contribution in [-0.4, -0.2) is 15.8 Å². The van der Waals surface area contributed by atoms with E-state index in [9.17, 15) is 4.39 Å². The number of hydrogen-bond donors (Lipinski definition) is 1. The summed E-state index contributed by atoms with van der Waals surface area (Å²) in [5, 5.41) is 7.45. The summed E-state index contributed by atoms with van der Waals surface area (Å²) < 4.78 is 14.5. The fourth-order valence-electron chi connectivity index (χ4n) is 1.79. The Kier molecular flexibility index (Phi) is 3.42. The highest BCUT2D eigenvalue weighted by molar-refractivity contribution is 5.35. The lowest BCUT2D eigenvalue weighted by Gasteiger charge is -2.15. The van der Waals surface area contributed by atoms with Crippen molar-refractivity contribution in [2.75, 3.05) is 5.32 Å². The van der Waals surface area contributed by atoms with E-state index < -0.39 is 0 Å². The van der Waals surface area contributed by atoms with E-state index in [1.54, 1.807) is 10.9 Å². The number of halogens is 1. The number of nitrogens with one attached hydrogen (secondary N) is 1. The van der Waals surface area contributed by atoms with Gasteiger partial charge < -0.3 is 5.32 Å². The highest BCUT2D eigenvalue weighted by Gasteiger charge is 2.05. The van der Waals surface area contributed by atoms with Crippen molar-refractivity contribution in [3.05, 3.63) is 47.9 Å². The topological polar surface area (TPSA) is 29.9 Å². The summed E-state index contributed by atoms with van der Waals surface area (Å²) in [6, 6.07) is 8.82. The molecule has 3 nitrogen and oxygen atoms in total. The largest absolute Gasteiger partial charge is 0.368 e. The van der Waals surface area contributed by atoms with E-state index in [4.69, 9.17) is 0 Å². The first-order valence-electron chi connectivity index (χ1n) is 5.64. The van der Waals surface area contributed by atoms with Gasteiger partial charge >= 0.3 is 0 Å². The number of anilines is 1. The van der Waals surface area contributed by atoms with Gasteiger partial charge in [0.15, 0.2) is 0 Å². The van der Waals surface area contributed by atoms with Crippen LogP contribution >= 0.6 is 0 Å². The lowest BCUT2D eigenvalue weighted by atomic mass is 10.1. The molecule has 0 saturated carbocycles. The van der Waals surface area contributed by atoms with Gasteiger partial charge in [-0.25, -0.2) is 4.39 Å². The smallest absolute Gasteiger partial charge is 0.124 e. The Bertz CT molecular complexity index is 476. The second kappa shape index (κ2) is 4.99. The summed E-state index contributed by atoms with van der Waals surface area (Å²) in [6.07, 6.45) is 2.61. The Morgan fingerprint density at radius 3 is 2.59 bits per heavy atom. The fourth-order valence-corrected chi connectivity index (χ4v) is 1.79. The Labute approximate surface area is 100 Å². The van der Waals surface area contributed by atoms with Crippen LogP contribution < -0.4 is 5.32 Å². The van der Waals surface area contributed by atoms with Crippen LogP contribution in [-0.2, 0) is 13.5 Å². The summed E-state index contributed by atoms with van der Waals surface area (Å²) in [7, 11) is 1.90. The predicted molar refractivity (Wildman–Crippen MR) is 66.4 cm³/mol. The minimum atomic E-state index is -0.194. The molecule has 0 amide bonds. The van der Waals surface area contributed by atoms with E-state index in [0.717, 1.165) is 17.8 Å². The maximum Gasteiger partial charge on any atom is 0.124 e. The van der Waals surface area contributed by atoms with Gasteiger partial charge in [-0.1, -0.05) is 12.1 Å². The molecule has 1 heterocycles. The Morgan fingerprint density at radius 1 is 1.29 bits per heavy atom. The lowest BCUT2D eigenvalue weighted by molar-refractivity contribution is 0.626. The van der Waals surface area contributed by atoms with Crippen molar-refractivity contribution in [3.8, 4) is 0 Å². The van der Waals surface area contributed by atoms with Gasteiger partial charge in [-0.2, -0.15) is 5.10 Å². The zero-order chi connectivity index (χ0) is 12.3. The van der Waals surface area contributed by atoms with E-state index in [1.165, 1.54) is 12.1 Å². The third kappa shape index (κ3) is 3.06. The lowest BCUT2D eigenvalue weighted by Crippen LogP contribution is -2.19. The molecule has 1 N–H and O–H groups in total. The number of nitrogens with zero attached hydrogens (tertiary/aromatic N) is 2. The van der Waals surface area contributed by atoms with Crippen molar-refractivity contribution in [3.63, 3.8) is 0 Å². The SMILES string of the molecule is CC(Cc1ccc(F)cc1)Nc1ccnn1C. The Morgan fingerprint density at radius 2 is 2.00 bits per heavy atom. The Hall–Kier alpha value is -1.84. The second-order valence-corrected chi connectivity index (χ2v) is 4.22. The van der Waals surface area contributed by atoms with E-state index >= 15 is 0 Å². The quantitative estimate of drug-likeness (QED) is 0.879. The molecule has 17 heavy (non-hydrogen) atoms. The van der Waals surface area contributed by atoms with Crippen LogP contribution in [0.1, 0.15) is 12.5 Å². The van der Waals surface area contributed by atoms with Gasteiger partial charge in [0.1, 0.15) is 11.6 Å². The molecule has 90 valence electrons. The van der Waals surface area contributed by atoms with Crippen LogP contribution in [0.5, 0.6) is 0 Å². The number of aryl methyl sites for hydroxylation is 1. The van der Waals surface area contributed by atoms with Gasteiger partial charge in [0.05, 0.1) is 6.20 Å². The van der Waals surface area contributed by atoms with Crippen molar-refractivity contribution in [1.29, 1.82) is 0 Å². The van der Waals surface area contributed by atoms with E-state index in [2.05, 4.69) is 17.3 Å². The summed E-state index contributed by atoms with van der Waals surface area (Å²) in [5.74, 6) is 0.792. The molecule has 0 spiro atoms. The third-order valence-electron chi connectivity index (χ3n) is 2.67. The molecule has 0 saturated heterocycles. The van der Waals surface area contributed by atoms with Crippen molar-refractivity contribution in [2.45, 2.75) is 19.4 Å². The molecule has 4 heteroatoms. The standard InChI is InChI=1S/C13H16FN3/c1-10(16-13-7-8-15-17(13)2)9-11-3-5-12(14)6-4-11/h3-8,10,16H,9H2,1-2H3. The maximum atomic E-state index is 12.8. The number of hydrogen-bond acceptors (Lipinski definition) is 2. The summed E-state index contributed by atoms with van der Waals surface area (Å²) >= 11 is 0. The highest BCUT2D eigenvalue weighted by Crippen LogP contribution is 2.10. The van der Waals surface area contributed by atoms with Crippen LogP contribution in [0.2, 0.25) is 0 Å². The molecule has 0 aliphatic rings. The van der Waals surface area contributed by atoms with Gasteiger partial charge in [0.2, 0.25) is 0 Å². The fraction of sp³-hybridized carbons (Fsp3) is 0.308. The van der Waals surface area contributed by atoms with Gasteiger partial charge in [0.25, 0.3) is 0 Å². The number of benzene rings is 1. The molecule has 0 bridgehead atoms. The maximum absolute atomic E-state index is 12.8. The summed E-state index contributed by atoms with van der Waals surface area (Å²) in [4.78, 5) is 0. The molecule has 1 atom stereocenters. The minimum absolute atomic E-state index is 0.194. The monoisotopic (exact) mass is 233 g/mol. The van der Waals surface area contributed by atoms with Crippen molar-refractivity contribution in [2.24, 2.45) is 7.05 Å². The van der Waals surface area contributed by atoms with Crippen LogP contribution in [0.3, 0.4) is 0 Å². The van der Waals surface area contributed by atoms with Gasteiger partial charge in [-0.3, -0.25) is 4.68 Å². The van der Waals surface area contributed by atoms with Crippen molar-refractivity contribution < 1.29 is 4.39 Å². The molecule has 2 aromatic rings. The molecule has 2 rings (SSSR count). The summed E-state index contributed by atoms with van der Waals surface area (Å²) in [6.45, 7) is 2.09. The number of rotatable bonds is 4. The van der Waals surface area contributed by atoms with Crippen molar-refractivity contribution >= 4 is 5.82 Å². The van der Waals surface area contributed by atoms with Crippen LogP contribution in [0.15, 0.2) is 36.5 Å². The number of aromatic nitrogens is 2. The molecule has 1 unspecified atom stereocenters. The first kappa shape index (κ1) is 11.6. The summed E-state index contributed by atoms with van der Waals surface area (Å²) in [5.41, 5.74) is 1.12. The molecular formula is C13H16FN3. The molecule has 0 aliphatic heterocycles. The first-order chi connectivity index (χ1) is 8.15. The van der Waals surface area contributed by atoms with Crippen molar-refractivity contribution in [1.82, 2.24) is 9.78 Å². The minimum Gasteiger partial charge on any atom is -0.368 e. The molecule has 0 fully saturated rings. The van der Waals surface area contributed by atoms with Crippen LogP contribution in [0.25, 0.3) is 0 Å². The Balaban J connectivity index is 1.95. The average Bonchev–Trinajstić information content (AvgIpc) is 2.68. The van der Waals surface area contributed by atoms with Gasteiger partial charge in [-0.05, 0) is 31.0 Å². The van der Waals surface area contributed by atoms with Crippen LogP contribution in [0, 0.1) is 5.82 Å². The van der Waals surface area contributed by atoms with Gasteiger partial charge in [0, 0.05) is 19.2 Å². The first-order valence-corrected chi connectivity index (χ1v) is 5.64. The van der Waals surface area contributed by atoms with E-state index in [0.29, 0.717) is 0 Å². The second-order valence-electron chi connectivity index (χ2n) is 4.22. The van der Waals surface area contributed by atoms with E-state index in [1.807, 2.05) is 25.2 Å². The molecule has 1 aromatic heterocycles. The van der Waals surface area contributed by atoms with Gasteiger partial charge in [-0.15, -0.1) is 0 Å². The van der Waals surface area contributed by atoms with Crippen LogP contribution in [0.4, 0.5) is 10.2 Å². The molecule has 1 aromatic carbocycles. The van der Waals surface area contributed by atoms with E-state index in [-0.39, 0.29) is 11.9 Å². The highest BCUT2D eigenvalue weighted by atomic mass is 19.1. The molecule has 0 radical (unpaired) electrons. The third-order valence-corrected chi connectivity index (χ3v) is 2.67. The predicted octanol–water partition coefficient (Wildman–Crippen LogP) is 2.60. The zero-order valence-electron chi connectivity index (χ0n) is 10.0. The zero-order valence-corrected chi connectivity index (χ0v) is 10.0. The molecule has 0 aliphatic carbocycles.